The van der Waals surface area contributed by atoms with Crippen molar-refractivity contribution in [2.45, 2.75) is 26.2 Å². The van der Waals surface area contributed by atoms with Crippen molar-refractivity contribution in [2.24, 2.45) is 0 Å². The molecule has 0 spiro atoms. The fourth-order valence-corrected chi connectivity index (χ4v) is 3.97. The average Bonchev–Trinajstić information content (AvgIpc) is 3.20. The van der Waals surface area contributed by atoms with Gasteiger partial charge in [-0.25, -0.2) is 4.98 Å². The van der Waals surface area contributed by atoms with Crippen LogP contribution < -0.4 is 10.1 Å². The van der Waals surface area contributed by atoms with Crippen LogP contribution in [-0.2, 0) is 11.2 Å². The molecule has 0 saturated carbocycles. The van der Waals surface area contributed by atoms with Crippen LogP contribution in [0, 0.1) is 10.1 Å². The lowest BCUT2D eigenvalue weighted by molar-refractivity contribution is -0.384. The first-order valence-corrected chi connectivity index (χ1v) is 11.0. The highest BCUT2D eigenvalue weighted by molar-refractivity contribution is 9.10. The standard InChI is InChI=1S/C21H20BrN3O4S/c1-2-14-5-10-19(17(22)12-14)29-11-3-4-20(26)24-21-23-18(13-30-21)15-6-8-16(9-7-15)25(27)28/h5-10,12-13H,2-4,11H2,1H3,(H,23,24,26). The summed E-state index contributed by atoms with van der Waals surface area (Å²) in [6, 6.07) is 12.1. The van der Waals surface area contributed by atoms with Gasteiger partial charge < -0.3 is 10.1 Å². The number of ether oxygens (including phenoxy) is 1. The number of hydrogen-bond donors (Lipinski definition) is 1. The number of halogens is 1. The van der Waals surface area contributed by atoms with Crippen LogP contribution in [0.1, 0.15) is 25.3 Å². The van der Waals surface area contributed by atoms with Gasteiger partial charge in [0.1, 0.15) is 5.75 Å². The van der Waals surface area contributed by atoms with Gasteiger partial charge in [0.05, 0.1) is 21.7 Å². The molecule has 156 valence electrons. The van der Waals surface area contributed by atoms with E-state index in [-0.39, 0.29) is 11.6 Å². The maximum absolute atomic E-state index is 12.2. The van der Waals surface area contributed by atoms with Gasteiger partial charge in [0.15, 0.2) is 5.13 Å². The Hall–Kier alpha value is -2.78. The van der Waals surface area contributed by atoms with Gasteiger partial charge in [-0.05, 0) is 58.6 Å². The molecule has 0 saturated heterocycles. The summed E-state index contributed by atoms with van der Waals surface area (Å²) in [6.45, 7) is 2.53. The Morgan fingerprint density at radius 3 is 2.70 bits per heavy atom. The SMILES string of the molecule is CCc1ccc(OCCCC(=O)Nc2nc(-c3ccc([N+](=O)[O-])cc3)cs2)c(Br)c1. The van der Waals surface area contributed by atoms with Gasteiger partial charge >= 0.3 is 0 Å². The van der Waals surface area contributed by atoms with Gasteiger partial charge in [-0.1, -0.05) is 13.0 Å². The van der Waals surface area contributed by atoms with Gasteiger partial charge in [-0.3, -0.25) is 14.9 Å². The average molecular weight is 490 g/mol. The minimum absolute atomic E-state index is 0.0260. The number of rotatable bonds is 9. The predicted molar refractivity (Wildman–Crippen MR) is 121 cm³/mol. The second-order valence-electron chi connectivity index (χ2n) is 6.46. The van der Waals surface area contributed by atoms with Crippen molar-refractivity contribution in [3.63, 3.8) is 0 Å². The van der Waals surface area contributed by atoms with Crippen molar-refractivity contribution in [1.29, 1.82) is 0 Å². The quantitative estimate of drug-likeness (QED) is 0.231. The number of hydrogen-bond acceptors (Lipinski definition) is 6. The Kier molecular flexibility index (Phi) is 7.53. The van der Waals surface area contributed by atoms with Crippen LogP contribution in [0.4, 0.5) is 10.8 Å². The molecule has 0 unspecified atom stereocenters. The number of carbonyl (C=O) groups excluding carboxylic acids is 1. The molecule has 3 rings (SSSR count). The lowest BCUT2D eigenvalue weighted by Gasteiger charge is -2.09. The summed E-state index contributed by atoms with van der Waals surface area (Å²) in [5.41, 5.74) is 2.67. The van der Waals surface area contributed by atoms with Crippen molar-refractivity contribution in [2.75, 3.05) is 11.9 Å². The Balaban J connectivity index is 1.46. The number of anilines is 1. The van der Waals surface area contributed by atoms with Crippen LogP contribution in [-0.4, -0.2) is 22.4 Å². The molecule has 1 heterocycles. The lowest BCUT2D eigenvalue weighted by Crippen LogP contribution is -2.12. The molecule has 0 aliphatic heterocycles. The molecular weight excluding hydrogens is 470 g/mol. The molecule has 1 amide bonds. The number of carbonyl (C=O) groups is 1. The predicted octanol–water partition coefficient (Wildman–Crippen LogP) is 5.84. The Labute approximate surface area is 186 Å². The third-order valence-electron chi connectivity index (χ3n) is 4.33. The van der Waals surface area contributed by atoms with Crippen molar-refractivity contribution in [3.8, 4) is 17.0 Å². The topological polar surface area (TPSA) is 94.4 Å². The van der Waals surface area contributed by atoms with Crippen molar-refractivity contribution in [1.82, 2.24) is 4.98 Å². The summed E-state index contributed by atoms with van der Waals surface area (Å²) >= 11 is 4.81. The highest BCUT2D eigenvalue weighted by Gasteiger charge is 2.10. The summed E-state index contributed by atoms with van der Waals surface area (Å²) < 4.78 is 6.65. The number of nitrogens with one attached hydrogen (secondary N) is 1. The van der Waals surface area contributed by atoms with E-state index >= 15 is 0 Å². The summed E-state index contributed by atoms with van der Waals surface area (Å²) in [5, 5.41) is 15.8. The van der Waals surface area contributed by atoms with E-state index in [1.807, 2.05) is 18.2 Å². The van der Waals surface area contributed by atoms with E-state index in [2.05, 4.69) is 33.2 Å². The number of nitrogens with zero attached hydrogens (tertiary/aromatic N) is 2. The normalized spacial score (nSPS) is 10.6. The number of thiazole rings is 1. The summed E-state index contributed by atoms with van der Waals surface area (Å²) in [4.78, 5) is 26.8. The lowest BCUT2D eigenvalue weighted by atomic mass is 10.1. The van der Waals surface area contributed by atoms with E-state index in [9.17, 15) is 14.9 Å². The van der Waals surface area contributed by atoms with Gasteiger partial charge in [0.25, 0.3) is 5.69 Å². The largest absolute Gasteiger partial charge is 0.492 e. The molecule has 0 aliphatic rings. The van der Waals surface area contributed by atoms with E-state index in [1.54, 1.807) is 17.5 Å². The third kappa shape index (κ3) is 5.87. The van der Waals surface area contributed by atoms with Gasteiger partial charge in [-0.2, -0.15) is 0 Å². The second kappa shape index (κ2) is 10.3. The first kappa shape index (κ1) is 21.9. The molecule has 9 heteroatoms. The maximum atomic E-state index is 12.2. The van der Waals surface area contributed by atoms with Crippen molar-refractivity contribution < 1.29 is 14.5 Å². The van der Waals surface area contributed by atoms with Crippen molar-refractivity contribution in [3.05, 3.63) is 68.0 Å². The molecule has 0 bridgehead atoms. The summed E-state index contributed by atoms with van der Waals surface area (Å²) in [7, 11) is 0. The Morgan fingerprint density at radius 2 is 2.03 bits per heavy atom. The molecule has 0 aliphatic carbocycles. The van der Waals surface area contributed by atoms with Crippen LogP contribution >= 0.6 is 27.3 Å². The van der Waals surface area contributed by atoms with Gasteiger partial charge in [0.2, 0.25) is 5.91 Å². The van der Waals surface area contributed by atoms with Crippen LogP contribution in [0.5, 0.6) is 5.75 Å². The minimum Gasteiger partial charge on any atom is -0.492 e. The first-order valence-electron chi connectivity index (χ1n) is 9.37. The van der Waals surface area contributed by atoms with Crippen LogP contribution in [0.2, 0.25) is 0 Å². The minimum atomic E-state index is -0.445. The monoisotopic (exact) mass is 489 g/mol. The molecule has 2 aromatic carbocycles. The van der Waals surface area contributed by atoms with Crippen molar-refractivity contribution >= 4 is 44.0 Å². The smallest absolute Gasteiger partial charge is 0.269 e. The molecule has 1 N–H and O–H groups in total. The molecule has 0 atom stereocenters. The number of non-ortho nitro benzene ring substituents is 1. The second-order valence-corrected chi connectivity index (χ2v) is 8.17. The molecule has 1 aromatic heterocycles. The number of aromatic nitrogens is 1. The Morgan fingerprint density at radius 1 is 1.27 bits per heavy atom. The number of amides is 1. The third-order valence-corrected chi connectivity index (χ3v) is 5.71. The molecule has 0 radical (unpaired) electrons. The number of nitro benzene ring substituents is 1. The highest BCUT2D eigenvalue weighted by Crippen LogP contribution is 2.27. The molecular formula is C21H20BrN3O4S. The van der Waals surface area contributed by atoms with E-state index in [4.69, 9.17) is 4.74 Å². The molecule has 3 aromatic rings. The molecule has 7 nitrogen and oxygen atoms in total. The summed E-state index contributed by atoms with van der Waals surface area (Å²) in [6.07, 6.45) is 1.85. The maximum Gasteiger partial charge on any atom is 0.269 e. The zero-order valence-electron chi connectivity index (χ0n) is 16.3. The molecule has 0 fully saturated rings. The zero-order chi connectivity index (χ0) is 21.5. The first-order chi connectivity index (χ1) is 14.5. The highest BCUT2D eigenvalue weighted by atomic mass is 79.9. The van der Waals surface area contributed by atoms with E-state index in [0.717, 1.165) is 22.2 Å². The fraction of sp³-hybridized carbons (Fsp3) is 0.238. The Bertz CT molecular complexity index is 1040. The van der Waals surface area contributed by atoms with Gasteiger partial charge in [0, 0.05) is 29.5 Å². The number of aryl methyl sites for hydroxylation is 1. The van der Waals surface area contributed by atoms with Gasteiger partial charge in [-0.15, -0.1) is 11.3 Å². The van der Waals surface area contributed by atoms with Crippen LogP contribution in [0.3, 0.4) is 0 Å². The number of benzene rings is 2. The summed E-state index contributed by atoms with van der Waals surface area (Å²) in [5.74, 6) is 0.629. The fourth-order valence-electron chi connectivity index (χ4n) is 2.70. The molecule has 30 heavy (non-hydrogen) atoms. The van der Waals surface area contributed by atoms with Crippen LogP contribution in [0.15, 0.2) is 52.3 Å². The van der Waals surface area contributed by atoms with E-state index < -0.39 is 4.92 Å². The van der Waals surface area contributed by atoms with E-state index in [1.165, 1.54) is 29.0 Å². The zero-order valence-corrected chi connectivity index (χ0v) is 18.7. The van der Waals surface area contributed by atoms with E-state index in [0.29, 0.717) is 30.3 Å². The van der Waals surface area contributed by atoms with Crippen LogP contribution in [0.25, 0.3) is 11.3 Å². The number of nitro groups is 1.